The Bertz CT molecular complexity index is 305. The van der Waals surface area contributed by atoms with Gasteiger partial charge in [0.1, 0.15) is 0 Å². The van der Waals surface area contributed by atoms with Gasteiger partial charge in [0.2, 0.25) is 0 Å². The molecular weight excluding hydrogens is 234 g/mol. The van der Waals surface area contributed by atoms with E-state index in [2.05, 4.69) is 22.8 Å². The molecule has 0 saturated heterocycles. The zero-order valence-electron chi connectivity index (χ0n) is 10.3. The maximum Gasteiger partial charge on any atom is 0.0616 e. The number of methoxy groups -OCH3 is 1. The maximum atomic E-state index is 9.07. The highest BCUT2D eigenvalue weighted by atomic mass is 32.1. The molecule has 1 heterocycles. The largest absolute Gasteiger partial charge is 0.396 e. The van der Waals surface area contributed by atoms with Gasteiger partial charge in [-0.15, -0.1) is 11.3 Å². The van der Waals surface area contributed by atoms with Crippen molar-refractivity contribution in [1.82, 2.24) is 5.32 Å². The third-order valence-electron chi connectivity index (χ3n) is 3.20. The van der Waals surface area contributed by atoms with Crippen LogP contribution in [0, 0.1) is 5.92 Å². The lowest BCUT2D eigenvalue weighted by Crippen LogP contribution is -2.37. The number of rotatable bonds is 8. The van der Waals surface area contributed by atoms with Crippen LogP contribution in [0.4, 0.5) is 0 Å². The van der Waals surface area contributed by atoms with Gasteiger partial charge in [-0.25, -0.2) is 0 Å². The monoisotopic (exact) mass is 255 g/mol. The molecule has 0 aliphatic heterocycles. The summed E-state index contributed by atoms with van der Waals surface area (Å²) in [7, 11) is 1.71. The Morgan fingerprint density at radius 2 is 2.41 bits per heavy atom. The smallest absolute Gasteiger partial charge is 0.0616 e. The van der Waals surface area contributed by atoms with Crippen molar-refractivity contribution in [3.05, 3.63) is 22.4 Å². The lowest BCUT2D eigenvalue weighted by Gasteiger charge is -2.24. The third kappa shape index (κ3) is 3.78. The van der Waals surface area contributed by atoms with Crippen LogP contribution >= 0.6 is 11.3 Å². The van der Waals surface area contributed by atoms with Crippen LogP contribution in [-0.4, -0.2) is 31.5 Å². The van der Waals surface area contributed by atoms with Crippen LogP contribution in [-0.2, 0) is 4.74 Å². The first-order valence-electron chi connectivity index (χ1n) is 6.24. The van der Waals surface area contributed by atoms with E-state index in [1.165, 1.54) is 17.7 Å². The van der Waals surface area contributed by atoms with E-state index in [4.69, 9.17) is 9.84 Å². The van der Waals surface area contributed by atoms with Crippen LogP contribution < -0.4 is 5.32 Å². The molecule has 1 aliphatic carbocycles. The number of nitrogens with one attached hydrogen (secondary N) is 1. The molecule has 0 bridgehead atoms. The highest BCUT2D eigenvalue weighted by Crippen LogP contribution is 2.42. The quantitative estimate of drug-likeness (QED) is 0.748. The number of aliphatic hydroxyl groups is 1. The minimum Gasteiger partial charge on any atom is -0.396 e. The Balaban J connectivity index is 1.96. The second kappa shape index (κ2) is 6.50. The molecule has 2 rings (SSSR count). The molecule has 0 radical (unpaired) electrons. The molecule has 1 saturated carbocycles. The second-order valence-corrected chi connectivity index (χ2v) is 5.64. The third-order valence-corrected chi connectivity index (χ3v) is 4.16. The van der Waals surface area contributed by atoms with Crippen molar-refractivity contribution < 1.29 is 9.84 Å². The summed E-state index contributed by atoms with van der Waals surface area (Å²) >= 11 is 1.81. The molecule has 2 N–H and O–H groups in total. The fraction of sp³-hybridized carbons (Fsp3) is 0.692. The van der Waals surface area contributed by atoms with Crippen molar-refractivity contribution in [2.75, 3.05) is 20.3 Å². The molecule has 1 aromatic rings. The number of aliphatic hydroxyl groups excluding tert-OH is 1. The van der Waals surface area contributed by atoms with E-state index in [0.29, 0.717) is 12.6 Å². The first-order valence-corrected chi connectivity index (χ1v) is 7.12. The topological polar surface area (TPSA) is 41.5 Å². The van der Waals surface area contributed by atoms with Gasteiger partial charge >= 0.3 is 0 Å². The minimum absolute atomic E-state index is 0.211. The average Bonchev–Trinajstić information content (AvgIpc) is 3.01. The average molecular weight is 255 g/mol. The lowest BCUT2D eigenvalue weighted by molar-refractivity contribution is 0.140. The SMILES string of the molecule is COCC(CCO)NC(c1cccs1)C1CC1. The molecule has 4 heteroatoms. The Morgan fingerprint density at radius 3 is 2.94 bits per heavy atom. The predicted octanol–water partition coefficient (Wildman–Crippen LogP) is 2.19. The normalized spacial score (nSPS) is 19.2. The van der Waals surface area contributed by atoms with Crippen LogP contribution in [0.1, 0.15) is 30.2 Å². The Morgan fingerprint density at radius 1 is 1.59 bits per heavy atom. The number of hydrogen-bond donors (Lipinski definition) is 2. The molecule has 1 aliphatic rings. The van der Waals surface area contributed by atoms with E-state index in [1.807, 2.05) is 11.3 Å². The van der Waals surface area contributed by atoms with Gasteiger partial charge < -0.3 is 15.2 Å². The summed E-state index contributed by atoms with van der Waals surface area (Å²) in [6.07, 6.45) is 3.38. The van der Waals surface area contributed by atoms with E-state index >= 15 is 0 Å². The summed E-state index contributed by atoms with van der Waals surface area (Å²) in [4.78, 5) is 1.41. The molecule has 0 amide bonds. The molecular formula is C13H21NO2S. The Labute approximate surface area is 107 Å². The Kier molecular flexibility index (Phi) is 4.98. The molecule has 2 unspecified atom stereocenters. The van der Waals surface area contributed by atoms with Crippen LogP contribution in [0.3, 0.4) is 0 Å². The molecule has 1 aromatic heterocycles. The number of thiophene rings is 1. The van der Waals surface area contributed by atoms with Crippen molar-refractivity contribution in [1.29, 1.82) is 0 Å². The zero-order valence-corrected chi connectivity index (χ0v) is 11.1. The second-order valence-electron chi connectivity index (χ2n) is 4.66. The van der Waals surface area contributed by atoms with Crippen molar-refractivity contribution in [3.8, 4) is 0 Å². The van der Waals surface area contributed by atoms with Crippen molar-refractivity contribution in [2.24, 2.45) is 5.92 Å². The van der Waals surface area contributed by atoms with Crippen molar-refractivity contribution in [3.63, 3.8) is 0 Å². The van der Waals surface area contributed by atoms with E-state index < -0.39 is 0 Å². The molecule has 0 aromatic carbocycles. The van der Waals surface area contributed by atoms with Crippen LogP contribution in [0.25, 0.3) is 0 Å². The summed E-state index contributed by atoms with van der Waals surface area (Å²) in [5.41, 5.74) is 0. The Hall–Kier alpha value is -0.420. The van der Waals surface area contributed by atoms with E-state index in [-0.39, 0.29) is 12.6 Å². The highest BCUT2D eigenvalue weighted by Gasteiger charge is 2.34. The summed E-state index contributed by atoms with van der Waals surface area (Å²) in [5.74, 6) is 0.770. The zero-order chi connectivity index (χ0) is 12.1. The predicted molar refractivity (Wildman–Crippen MR) is 70.3 cm³/mol. The molecule has 0 spiro atoms. The standard InChI is InChI=1S/C13H21NO2S/c1-16-9-11(6-7-15)14-13(10-4-5-10)12-3-2-8-17-12/h2-3,8,10-11,13-15H,4-7,9H2,1H3. The molecule has 3 nitrogen and oxygen atoms in total. The number of ether oxygens (including phenoxy) is 1. The van der Waals surface area contributed by atoms with Crippen molar-refractivity contribution in [2.45, 2.75) is 31.3 Å². The van der Waals surface area contributed by atoms with Gasteiger partial charge in [0.25, 0.3) is 0 Å². The number of hydrogen-bond acceptors (Lipinski definition) is 4. The van der Waals surface area contributed by atoms with E-state index in [1.54, 1.807) is 7.11 Å². The summed E-state index contributed by atoms with van der Waals surface area (Å²) < 4.78 is 5.20. The molecule has 96 valence electrons. The van der Waals surface area contributed by atoms with Gasteiger partial charge in [0.05, 0.1) is 6.61 Å². The first kappa shape index (κ1) is 13.0. The van der Waals surface area contributed by atoms with Crippen molar-refractivity contribution >= 4 is 11.3 Å². The fourth-order valence-electron chi connectivity index (χ4n) is 2.17. The maximum absolute atomic E-state index is 9.07. The van der Waals surface area contributed by atoms with Crippen LogP contribution in [0.2, 0.25) is 0 Å². The van der Waals surface area contributed by atoms with Crippen LogP contribution in [0.15, 0.2) is 17.5 Å². The van der Waals surface area contributed by atoms with Gasteiger partial charge in [-0.3, -0.25) is 0 Å². The van der Waals surface area contributed by atoms with Gasteiger partial charge in [-0.1, -0.05) is 6.07 Å². The van der Waals surface area contributed by atoms with E-state index in [9.17, 15) is 0 Å². The summed E-state index contributed by atoms with van der Waals surface area (Å²) in [6, 6.07) is 5.00. The van der Waals surface area contributed by atoms with Crippen LogP contribution in [0.5, 0.6) is 0 Å². The van der Waals surface area contributed by atoms with Gasteiger partial charge in [-0.2, -0.15) is 0 Å². The lowest BCUT2D eigenvalue weighted by atomic mass is 10.1. The fourth-order valence-corrected chi connectivity index (χ4v) is 3.05. The first-order chi connectivity index (χ1) is 8.35. The highest BCUT2D eigenvalue weighted by molar-refractivity contribution is 7.10. The van der Waals surface area contributed by atoms with Gasteiger partial charge in [0.15, 0.2) is 0 Å². The minimum atomic E-state index is 0.211. The molecule has 17 heavy (non-hydrogen) atoms. The van der Waals surface area contributed by atoms with Gasteiger partial charge in [-0.05, 0) is 36.6 Å². The molecule has 2 atom stereocenters. The summed E-state index contributed by atoms with van der Waals surface area (Å²) in [6.45, 7) is 0.873. The van der Waals surface area contributed by atoms with Gasteiger partial charge in [0, 0.05) is 30.7 Å². The van der Waals surface area contributed by atoms with E-state index in [0.717, 1.165) is 12.3 Å². The molecule has 1 fully saturated rings. The summed E-state index contributed by atoms with van der Waals surface area (Å²) in [5, 5.41) is 14.8.